The molecule has 9 nitrogen and oxygen atoms in total. The average molecular weight is 335 g/mol. The summed E-state index contributed by atoms with van der Waals surface area (Å²) in [7, 11) is 1.75. The van der Waals surface area contributed by atoms with E-state index in [0.717, 1.165) is 38.1 Å². The van der Waals surface area contributed by atoms with Crippen LogP contribution >= 0.6 is 11.8 Å². The third-order valence-corrected chi connectivity index (χ3v) is 5.16. The van der Waals surface area contributed by atoms with Crippen LogP contribution < -0.4 is 0 Å². The second kappa shape index (κ2) is 5.91. The van der Waals surface area contributed by atoms with Crippen molar-refractivity contribution in [3.63, 3.8) is 0 Å². The summed E-state index contributed by atoms with van der Waals surface area (Å²) in [4.78, 5) is 18.9. The van der Waals surface area contributed by atoms with Gasteiger partial charge in [0, 0.05) is 19.5 Å². The van der Waals surface area contributed by atoms with Gasteiger partial charge in [0.25, 0.3) is 0 Å². The molecule has 10 heteroatoms. The van der Waals surface area contributed by atoms with Crippen LogP contribution in [0.25, 0.3) is 0 Å². The van der Waals surface area contributed by atoms with E-state index in [2.05, 4.69) is 25.7 Å². The highest BCUT2D eigenvalue weighted by atomic mass is 32.2. The predicted octanol–water partition coefficient (Wildman–Crippen LogP) is 0.926. The van der Waals surface area contributed by atoms with Crippen LogP contribution in [0.2, 0.25) is 0 Å². The van der Waals surface area contributed by atoms with Gasteiger partial charge < -0.3 is 9.42 Å². The molecule has 23 heavy (non-hydrogen) atoms. The monoisotopic (exact) mass is 335 g/mol. The Morgan fingerprint density at radius 1 is 1.39 bits per heavy atom. The van der Waals surface area contributed by atoms with E-state index >= 15 is 0 Å². The van der Waals surface area contributed by atoms with Gasteiger partial charge in [-0.1, -0.05) is 16.9 Å². The van der Waals surface area contributed by atoms with Crippen molar-refractivity contribution in [1.82, 2.24) is 35.2 Å². The number of carbonyl (C=O) groups excluding carboxylic acids is 1. The second-order valence-corrected chi connectivity index (χ2v) is 6.83. The lowest BCUT2D eigenvalue weighted by molar-refractivity contribution is -0.129. The van der Waals surface area contributed by atoms with E-state index < -0.39 is 0 Å². The lowest BCUT2D eigenvalue weighted by Crippen LogP contribution is -2.32. The Morgan fingerprint density at radius 2 is 2.26 bits per heavy atom. The van der Waals surface area contributed by atoms with Crippen molar-refractivity contribution < 1.29 is 9.32 Å². The summed E-state index contributed by atoms with van der Waals surface area (Å²) in [5.41, 5.74) is 0. The summed E-state index contributed by atoms with van der Waals surface area (Å²) < 4.78 is 6.96. The Bertz CT molecular complexity index is 711. The molecule has 2 aromatic heterocycles. The lowest BCUT2D eigenvalue weighted by Gasteiger charge is -2.21. The number of rotatable bonds is 5. The maximum Gasteiger partial charge on any atom is 0.249 e. The molecule has 4 rings (SSSR count). The van der Waals surface area contributed by atoms with Crippen molar-refractivity contribution >= 4 is 17.7 Å². The fraction of sp³-hybridized carbons (Fsp3) is 0.692. The van der Waals surface area contributed by atoms with Crippen LogP contribution in [-0.2, 0) is 11.8 Å². The van der Waals surface area contributed by atoms with Gasteiger partial charge in [-0.25, -0.2) is 4.68 Å². The average Bonchev–Trinajstić information content (AvgIpc) is 2.97. The molecule has 2 aromatic rings. The highest BCUT2D eigenvalue weighted by Crippen LogP contribution is 2.39. The van der Waals surface area contributed by atoms with E-state index in [1.165, 1.54) is 11.8 Å². The van der Waals surface area contributed by atoms with Gasteiger partial charge in [-0.2, -0.15) is 4.98 Å². The molecule has 1 aliphatic carbocycles. The summed E-state index contributed by atoms with van der Waals surface area (Å²) in [5.74, 6) is 2.17. The zero-order chi connectivity index (χ0) is 15.8. The number of aryl methyl sites for hydroxylation is 1. The zero-order valence-corrected chi connectivity index (χ0v) is 13.6. The van der Waals surface area contributed by atoms with Crippen molar-refractivity contribution in [1.29, 1.82) is 0 Å². The Kier molecular flexibility index (Phi) is 3.76. The SMILES string of the molecule is Cn1nnnc1SCC(=O)N1CCCC1c1nc(C2CC2)no1. The minimum Gasteiger partial charge on any atom is -0.337 e. The predicted molar refractivity (Wildman–Crippen MR) is 79.5 cm³/mol. The Labute approximate surface area is 136 Å². The second-order valence-electron chi connectivity index (χ2n) is 5.88. The summed E-state index contributed by atoms with van der Waals surface area (Å²) in [6.45, 7) is 0.724. The van der Waals surface area contributed by atoms with E-state index in [4.69, 9.17) is 4.52 Å². The van der Waals surface area contributed by atoms with Gasteiger partial charge in [-0.05, 0) is 36.1 Å². The Balaban J connectivity index is 1.41. The molecule has 0 aromatic carbocycles. The molecular weight excluding hydrogens is 318 g/mol. The molecule has 1 aliphatic heterocycles. The fourth-order valence-corrected chi connectivity index (χ4v) is 3.50. The molecule has 2 fully saturated rings. The molecule has 1 unspecified atom stereocenters. The van der Waals surface area contributed by atoms with Crippen molar-refractivity contribution in [2.75, 3.05) is 12.3 Å². The van der Waals surface area contributed by atoms with Crippen LogP contribution in [0.15, 0.2) is 9.68 Å². The number of amides is 1. The van der Waals surface area contributed by atoms with Gasteiger partial charge in [-0.3, -0.25) is 4.79 Å². The molecule has 1 atom stereocenters. The largest absolute Gasteiger partial charge is 0.337 e. The van der Waals surface area contributed by atoms with Crippen LogP contribution in [0.5, 0.6) is 0 Å². The molecule has 0 N–H and O–H groups in total. The van der Waals surface area contributed by atoms with Gasteiger partial charge >= 0.3 is 0 Å². The van der Waals surface area contributed by atoms with E-state index in [0.29, 0.717) is 22.7 Å². The number of carbonyl (C=O) groups is 1. The number of likely N-dealkylation sites (tertiary alicyclic amines) is 1. The first kappa shape index (κ1) is 14.6. The highest BCUT2D eigenvalue weighted by molar-refractivity contribution is 7.99. The van der Waals surface area contributed by atoms with Crippen LogP contribution in [0.4, 0.5) is 0 Å². The Morgan fingerprint density at radius 3 is 3.00 bits per heavy atom. The highest BCUT2D eigenvalue weighted by Gasteiger charge is 2.36. The summed E-state index contributed by atoms with van der Waals surface area (Å²) in [6.07, 6.45) is 4.09. The first-order valence-electron chi connectivity index (χ1n) is 7.70. The van der Waals surface area contributed by atoms with Crippen LogP contribution in [-0.4, -0.2) is 53.5 Å². The van der Waals surface area contributed by atoms with Crippen LogP contribution in [0.3, 0.4) is 0 Å². The molecule has 0 radical (unpaired) electrons. The van der Waals surface area contributed by atoms with Gasteiger partial charge in [0.15, 0.2) is 5.82 Å². The van der Waals surface area contributed by atoms with Gasteiger partial charge in [-0.15, -0.1) is 5.10 Å². The molecule has 0 spiro atoms. The topological polar surface area (TPSA) is 103 Å². The number of nitrogens with zero attached hydrogens (tertiary/aromatic N) is 7. The lowest BCUT2D eigenvalue weighted by atomic mass is 10.2. The van der Waals surface area contributed by atoms with E-state index in [1.807, 2.05) is 4.90 Å². The molecule has 1 amide bonds. The maximum absolute atomic E-state index is 12.5. The summed E-state index contributed by atoms with van der Waals surface area (Å²) >= 11 is 1.33. The number of thioether (sulfide) groups is 1. The van der Waals surface area contributed by atoms with E-state index in [9.17, 15) is 4.79 Å². The molecule has 2 aliphatic rings. The van der Waals surface area contributed by atoms with Gasteiger partial charge in [0.2, 0.25) is 17.0 Å². The smallest absolute Gasteiger partial charge is 0.249 e. The van der Waals surface area contributed by atoms with E-state index in [1.54, 1.807) is 11.7 Å². The minimum atomic E-state index is -0.0966. The molecule has 0 bridgehead atoms. The Hall–Kier alpha value is -1.97. The van der Waals surface area contributed by atoms with Crippen LogP contribution in [0, 0.1) is 0 Å². The minimum absolute atomic E-state index is 0.0478. The van der Waals surface area contributed by atoms with Crippen molar-refractivity contribution in [3.05, 3.63) is 11.7 Å². The van der Waals surface area contributed by atoms with Crippen molar-refractivity contribution in [3.8, 4) is 0 Å². The fourth-order valence-electron chi connectivity index (χ4n) is 2.76. The quantitative estimate of drug-likeness (QED) is 0.743. The molecule has 1 saturated heterocycles. The van der Waals surface area contributed by atoms with Crippen LogP contribution in [0.1, 0.15) is 49.4 Å². The van der Waals surface area contributed by atoms with Gasteiger partial charge in [0.1, 0.15) is 6.04 Å². The number of aromatic nitrogens is 6. The third-order valence-electron chi connectivity index (χ3n) is 4.16. The molecular formula is C13H17N7O2S. The van der Waals surface area contributed by atoms with Crippen molar-refractivity contribution in [2.24, 2.45) is 7.05 Å². The first-order valence-corrected chi connectivity index (χ1v) is 8.69. The third kappa shape index (κ3) is 2.94. The summed E-state index contributed by atoms with van der Waals surface area (Å²) in [6, 6.07) is -0.0966. The maximum atomic E-state index is 12.5. The molecule has 3 heterocycles. The van der Waals surface area contributed by atoms with Crippen molar-refractivity contribution in [2.45, 2.75) is 42.8 Å². The summed E-state index contributed by atoms with van der Waals surface area (Å²) in [5, 5.41) is 15.9. The molecule has 1 saturated carbocycles. The zero-order valence-electron chi connectivity index (χ0n) is 12.8. The number of hydrogen-bond donors (Lipinski definition) is 0. The van der Waals surface area contributed by atoms with E-state index in [-0.39, 0.29) is 11.9 Å². The standard InChI is InChI=1S/C13H17N7O2S/c1-19-13(15-17-18-19)23-7-10(21)20-6-2-3-9(20)12-14-11(16-22-12)8-4-5-8/h8-9H,2-7H2,1H3. The number of hydrogen-bond acceptors (Lipinski definition) is 8. The number of tetrazole rings is 1. The van der Waals surface area contributed by atoms with Gasteiger partial charge in [0.05, 0.1) is 5.75 Å². The molecule has 122 valence electrons. The first-order chi connectivity index (χ1) is 11.2. The normalized spacial score (nSPS) is 21.1.